The fourth-order valence-electron chi connectivity index (χ4n) is 2.46. The van der Waals surface area contributed by atoms with Crippen LogP contribution in [0.25, 0.3) is 0 Å². The first-order valence-electron chi connectivity index (χ1n) is 7.83. The fraction of sp³-hybridized carbons (Fsp3) is 0.278. The summed E-state index contributed by atoms with van der Waals surface area (Å²) < 4.78 is 16.4. The van der Waals surface area contributed by atoms with E-state index in [2.05, 4.69) is 5.32 Å². The largest absolute Gasteiger partial charge is 0.489 e. The Morgan fingerprint density at radius 2 is 2.08 bits per heavy atom. The highest BCUT2D eigenvalue weighted by molar-refractivity contribution is 5.82. The van der Waals surface area contributed by atoms with Gasteiger partial charge in [-0.15, -0.1) is 0 Å². The van der Waals surface area contributed by atoms with Gasteiger partial charge in [0.15, 0.2) is 11.5 Å². The molecule has 1 amide bonds. The zero-order valence-electron chi connectivity index (χ0n) is 13.5. The number of nitrogens with two attached hydrogens (primary N) is 1. The zero-order valence-corrected chi connectivity index (χ0v) is 13.5. The number of carbonyl (C=O) groups is 1. The Kier molecular flexibility index (Phi) is 4.74. The van der Waals surface area contributed by atoms with E-state index in [0.29, 0.717) is 24.5 Å². The quantitative estimate of drug-likeness (QED) is 0.816. The van der Waals surface area contributed by atoms with Gasteiger partial charge < -0.3 is 25.3 Å². The van der Waals surface area contributed by atoms with Crippen LogP contribution in [0.2, 0.25) is 0 Å². The molecule has 3 N–H and O–H groups in total. The van der Waals surface area contributed by atoms with E-state index in [1.807, 2.05) is 49.4 Å². The standard InChI is InChI=1S/C18H20N2O4/c1-2-15(18(19)21)20-13-5-3-4-12(8-13)10-22-14-6-7-16-17(9-14)24-11-23-16/h3-9,15,20H,2,10-11H2,1H3,(H2,19,21)/t15-/m0/s1. The molecule has 0 bridgehead atoms. The van der Waals surface area contributed by atoms with Crippen molar-refractivity contribution < 1.29 is 19.0 Å². The van der Waals surface area contributed by atoms with E-state index >= 15 is 0 Å². The number of benzene rings is 2. The lowest BCUT2D eigenvalue weighted by atomic mass is 10.1. The van der Waals surface area contributed by atoms with Crippen molar-refractivity contribution in [2.75, 3.05) is 12.1 Å². The molecule has 0 spiro atoms. The monoisotopic (exact) mass is 328 g/mol. The topological polar surface area (TPSA) is 82.8 Å². The number of primary amides is 1. The Hall–Kier alpha value is -2.89. The molecule has 1 aliphatic rings. The predicted octanol–water partition coefficient (Wildman–Crippen LogP) is 2.67. The highest BCUT2D eigenvalue weighted by Gasteiger charge is 2.14. The second kappa shape index (κ2) is 7.12. The molecule has 0 saturated carbocycles. The maximum absolute atomic E-state index is 11.3. The Morgan fingerprint density at radius 3 is 2.88 bits per heavy atom. The maximum atomic E-state index is 11.3. The second-order valence-corrected chi connectivity index (χ2v) is 5.51. The number of fused-ring (bicyclic) bond motifs is 1. The van der Waals surface area contributed by atoms with E-state index in [-0.39, 0.29) is 18.7 Å². The van der Waals surface area contributed by atoms with Crippen LogP contribution in [0.4, 0.5) is 5.69 Å². The second-order valence-electron chi connectivity index (χ2n) is 5.51. The van der Waals surface area contributed by atoms with Gasteiger partial charge in [0.1, 0.15) is 18.4 Å². The average molecular weight is 328 g/mol. The SMILES string of the molecule is CC[C@H](Nc1cccc(COc2ccc3c(c2)OCO3)c1)C(N)=O. The molecular formula is C18H20N2O4. The van der Waals surface area contributed by atoms with Gasteiger partial charge in [-0.2, -0.15) is 0 Å². The Labute approximate surface area is 140 Å². The first-order chi connectivity index (χ1) is 11.7. The van der Waals surface area contributed by atoms with Crippen molar-refractivity contribution in [2.45, 2.75) is 26.0 Å². The molecule has 0 unspecified atom stereocenters. The van der Waals surface area contributed by atoms with Crippen LogP contribution < -0.4 is 25.3 Å². The van der Waals surface area contributed by atoms with Gasteiger partial charge in [-0.05, 0) is 36.2 Å². The molecule has 3 rings (SSSR count). The lowest BCUT2D eigenvalue weighted by Crippen LogP contribution is -2.34. The van der Waals surface area contributed by atoms with Gasteiger partial charge in [0.05, 0.1) is 0 Å². The summed E-state index contributed by atoms with van der Waals surface area (Å²) in [7, 11) is 0. The van der Waals surface area contributed by atoms with Crippen molar-refractivity contribution in [2.24, 2.45) is 5.73 Å². The van der Waals surface area contributed by atoms with Crippen LogP contribution in [-0.4, -0.2) is 18.7 Å². The Bertz CT molecular complexity index is 733. The molecule has 1 aliphatic heterocycles. The first kappa shape index (κ1) is 16.0. The predicted molar refractivity (Wildman–Crippen MR) is 90.2 cm³/mol. The fourth-order valence-corrected chi connectivity index (χ4v) is 2.46. The van der Waals surface area contributed by atoms with E-state index in [1.54, 1.807) is 0 Å². The van der Waals surface area contributed by atoms with Gasteiger partial charge in [-0.25, -0.2) is 0 Å². The van der Waals surface area contributed by atoms with E-state index in [4.69, 9.17) is 19.9 Å². The molecule has 1 atom stereocenters. The number of hydrogen-bond acceptors (Lipinski definition) is 5. The van der Waals surface area contributed by atoms with Gasteiger partial charge in [0.25, 0.3) is 0 Å². The number of amides is 1. The van der Waals surface area contributed by atoms with Crippen LogP contribution in [0, 0.1) is 0 Å². The van der Waals surface area contributed by atoms with Crippen molar-refractivity contribution in [1.29, 1.82) is 0 Å². The molecule has 6 heteroatoms. The number of rotatable bonds is 7. The lowest BCUT2D eigenvalue weighted by Gasteiger charge is -2.15. The molecular weight excluding hydrogens is 308 g/mol. The third-order valence-corrected chi connectivity index (χ3v) is 3.77. The highest BCUT2D eigenvalue weighted by atomic mass is 16.7. The lowest BCUT2D eigenvalue weighted by molar-refractivity contribution is -0.118. The molecule has 0 aromatic heterocycles. The van der Waals surface area contributed by atoms with E-state index < -0.39 is 0 Å². The summed E-state index contributed by atoms with van der Waals surface area (Å²) in [5.41, 5.74) is 7.19. The molecule has 2 aromatic carbocycles. The summed E-state index contributed by atoms with van der Waals surface area (Å²) in [4.78, 5) is 11.3. The first-order valence-corrected chi connectivity index (χ1v) is 7.83. The molecule has 0 radical (unpaired) electrons. The highest BCUT2D eigenvalue weighted by Crippen LogP contribution is 2.35. The van der Waals surface area contributed by atoms with Crippen molar-refractivity contribution in [3.8, 4) is 17.2 Å². The van der Waals surface area contributed by atoms with E-state index in [0.717, 1.165) is 17.0 Å². The van der Waals surface area contributed by atoms with Gasteiger partial charge in [0.2, 0.25) is 12.7 Å². The summed E-state index contributed by atoms with van der Waals surface area (Å²) in [5, 5.41) is 3.13. The summed E-state index contributed by atoms with van der Waals surface area (Å²) in [6, 6.07) is 12.8. The van der Waals surface area contributed by atoms with Crippen LogP contribution in [0.5, 0.6) is 17.2 Å². The van der Waals surface area contributed by atoms with Crippen LogP contribution in [0.1, 0.15) is 18.9 Å². The smallest absolute Gasteiger partial charge is 0.239 e. The molecule has 1 heterocycles. The van der Waals surface area contributed by atoms with E-state index in [9.17, 15) is 4.79 Å². The molecule has 2 aromatic rings. The minimum absolute atomic E-state index is 0.241. The van der Waals surface area contributed by atoms with Crippen molar-refractivity contribution >= 4 is 11.6 Å². The molecule has 6 nitrogen and oxygen atoms in total. The minimum atomic E-state index is -0.380. The van der Waals surface area contributed by atoms with E-state index in [1.165, 1.54) is 0 Å². The molecule has 0 aliphatic carbocycles. The van der Waals surface area contributed by atoms with Gasteiger partial charge in [-0.3, -0.25) is 4.79 Å². The average Bonchev–Trinajstić information content (AvgIpc) is 3.05. The van der Waals surface area contributed by atoms with Gasteiger partial charge in [-0.1, -0.05) is 19.1 Å². The molecule has 0 saturated heterocycles. The number of ether oxygens (including phenoxy) is 3. The van der Waals surface area contributed by atoms with Crippen molar-refractivity contribution in [1.82, 2.24) is 0 Å². The van der Waals surface area contributed by atoms with Crippen LogP contribution in [0.15, 0.2) is 42.5 Å². The van der Waals surface area contributed by atoms with Gasteiger partial charge >= 0.3 is 0 Å². The third-order valence-electron chi connectivity index (χ3n) is 3.77. The maximum Gasteiger partial charge on any atom is 0.239 e. The molecule has 0 fully saturated rings. The normalized spacial score (nSPS) is 13.4. The van der Waals surface area contributed by atoms with Crippen LogP contribution in [0.3, 0.4) is 0 Å². The van der Waals surface area contributed by atoms with Crippen LogP contribution in [-0.2, 0) is 11.4 Å². The number of carbonyl (C=O) groups excluding carboxylic acids is 1. The van der Waals surface area contributed by atoms with Crippen molar-refractivity contribution in [3.63, 3.8) is 0 Å². The number of nitrogens with one attached hydrogen (secondary N) is 1. The van der Waals surface area contributed by atoms with Crippen LogP contribution >= 0.6 is 0 Å². The summed E-state index contributed by atoms with van der Waals surface area (Å²) >= 11 is 0. The third kappa shape index (κ3) is 3.71. The molecule has 24 heavy (non-hydrogen) atoms. The Balaban J connectivity index is 1.63. The summed E-state index contributed by atoms with van der Waals surface area (Å²) in [5.74, 6) is 1.77. The minimum Gasteiger partial charge on any atom is -0.489 e. The summed E-state index contributed by atoms with van der Waals surface area (Å²) in [6.07, 6.45) is 0.632. The Morgan fingerprint density at radius 1 is 1.25 bits per heavy atom. The zero-order chi connectivity index (χ0) is 16.9. The number of hydrogen-bond donors (Lipinski definition) is 2. The van der Waals surface area contributed by atoms with Gasteiger partial charge in [0, 0.05) is 11.8 Å². The number of anilines is 1. The molecule has 126 valence electrons. The van der Waals surface area contributed by atoms with Crippen molar-refractivity contribution in [3.05, 3.63) is 48.0 Å². The summed E-state index contributed by atoms with van der Waals surface area (Å²) in [6.45, 7) is 2.56.